The molecule has 0 amide bonds. The van der Waals surface area contributed by atoms with Crippen LogP contribution in [0.25, 0.3) is 0 Å². The lowest BCUT2D eigenvalue weighted by atomic mass is 9.84. The number of fused-ring (bicyclic) bond motifs is 1. The summed E-state index contributed by atoms with van der Waals surface area (Å²) in [7, 11) is 2.27. The predicted octanol–water partition coefficient (Wildman–Crippen LogP) is 1.04. The van der Waals surface area contributed by atoms with Crippen molar-refractivity contribution in [2.75, 3.05) is 32.4 Å². The van der Waals surface area contributed by atoms with E-state index in [1.165, 1.54) is 43.9 Å². The van der Waals surface area contributed by atoms with E-state index in [-0.39, 0.29) is 0 Å². The Labute approximate surface area is 112 Å². The van der Waals surface area contributed by atoms with Crippen LogP contribution < -0.4 is 5.73 Å². The Hall–Kier alpha value is -0.720. The number of nitrogen functional groups attached to an aromatic ring is 1. The molecule has 2 N–H and O–H groups in total. The van der Waals surface area contributed by atoms with Crippen molar-refractivity contribution in [2.24, 2.45) is 5.92 Å². The third kappa shape index (κ3) is 2.37. The lowest BCUT2D eigenvalue weighted by molar-refractivity contribution is 0.0351. The maximum absolute atomic E-state index is 5.87. The number of nitrogens with zero attached hydrogens (tertiary/aromatic N) is 4. The second kappa shape index (κ2) is 5.11. The summed E-state index contributed by atoms with van der Waals surface area (Å²) in [6, 6.07) is 0.793. The number of anilines is 1. The quantitative estimate of drug-likeness (QED) is 0.867. The van der Waals surface area contributed by atoms with E-state index in [1.54, 1.807) is 0 Å². The highest BCUT2D eigenvalue weighted by Gasteiger charge is 2.34. The monoisotopic (exact) mass is 267 g/mol. The topological polar surface area (TPSA) is 58.3 Å². The maximum atomic E-state index is 5.87. The molecule has 0 aliphatic carbocycles. The molecule has 2 aliphatic heterocycles. The van der Waals surface area contributed by atoms with Gasteiger partial charge in [-0.15, -0.1) is 5.10 Å². The SMILES string of the molecule is CN1CCCC2CN(Cc3nnsc3N)CCC21. The normalized spacial score (nSPS) is 30.3. The summed E-state index contributed by atoms with van der Waals surface area (Å²) in [5, 5.41) is 4.90. The van der Waals surface area contributed by atoms with E-state index in [2.05, 4.69) is 26.4 Å². The van der Waals surface area contributed by atoms with Gasteiger partial charge in [-0.25, -0.2) is 0 Å². The Morgan fingerprint density at radius 3 is 3.06 bits per heavy atom. The molecule has 2 aliphatic rings. The molecule has 2 fully saturated rings. The van der Waals surface area contributed by atoms with Crippen molar-refractivity contribution in [1.82, 2.24) is 19.4 Å². The zero-order valence-electron chi connectivity index (χ0n) is 10.9. The first-order valence-corrected chi connectivity index (χ1v) is 7.50. The Bertz CT molecular complexity index is 407. The van der Waals surface area contributed by atoms with E-state index >= 15 is 0 Å². The van der Waals surface area contributed by atoms with E-state index in [1.807, 2.05) is 0 Å². The molecule has 0 bridgehead atoms. The lowest BCUT2D eigenvalue weighted by Crippen LogP contribution is -2.52. The van der Waals surface area contributed by atoms with Crippen LogP contribution in [0.4, 0.5) is 5.00 Å². The highest BCUT2D eigenvalue weighted by Crippen LogP contribution is 2.30. The van der Waals surface area contributed by atoms with Crippen molar-refractivity contribution in [1.29, 1.82) is 0 Å². The van der Waals surface area contributed by atoms with Crippen molar-refractivity contribution in [3.63, 3.8) is 0 Å². The van der Waals surface area contributed by atoms with E-state index in [9.17, 15) is 0 Å². The highest BCUT2D eigenvalue weighted by molar-refractivity contribution is 7.09. The Balaban J connectivity index is 1.62. The van der Waals surface area contributed by atoms with Crippen LogP contribution in [0.3, 0.4) is 0 Å². The third-order valence-corrected chi connectivity index (χ3v) is 4.98. The summed E-state index contributed by atoms with van der Waals surface area (Å²) in [5.41, 5.74) is 6.83. The van der Waals surface area contributed by atoms with Gasteiger partial charge in [0, 0.05) is 37.2 Å². The third-order valence-electron chi connectivity index (χ3n) is 4.39. The molecule has 18 heavy (non-hydrogen) atoms. The van der Waals surface area contributed by atoms with Crippen molar-refractivity contribution < 1.29 is 0 Å². The van der Waals surface area contributed by atoms with Gasteiger partial charge in [-0.2, -0.15) is 0 Å². The fourth-order valence-electron chi connectivity index (χ4n) is 3.41. The van der Waals surface area contributed by atoms with Crippen LogP contribution in [-0.2, 0) is 6.54 Å². The van der Waals surface area contributed by atoms with Crippen molar-refractivity contribution in [3.05, 3.63) is 5.69 Å². The van der Waals surface area contributed by atoms with E-state index < -0.39 is 0 Å². The Morgan fingerprint density at radius 2 is 2.28 bits per heavy atom. The minimum Gasteiger partial charge on any atom is -0.388 e. The summed E-state index contributed by atoms with van der Waals surface area (Å²) in [6.07, 6.45) is 3.99. The molecule has 1 aromatic heterocycles. The molecule has 2 atom stereocenters. The van der Waals surface area contributed by atoms with Crippen LogP contribution >= 0.6 is 11.5 Å². The molecule has 0 spiro atoms. The van der Waals surface area contributed by atoms with Gasteiger partial charge >= 0.3 is 0 Å². The van der Waals surface area contributed by atoms with E-state index in [0.29, 0.717) is 0 Å². The molecule has 1 aromatic rings. The van der Waals surface area contributed by atoms with E-state index in [0.717, 1.165) is 35.7 Å². The number of hydrogen-bond donors (Lipinski definition) is 1. The number of likely N-dealkylation sites (tertiary alicyclic amines) is 2. The lowest BCUT2D eigenvalue weighted by Gasteiger charge is -2.45. The largest absolute Gasteiger partial charge is 0.388 e. The van der Waals surface area contributed by atoms with Gasteiger partial charge in [0.05, 0.1) is 0 Å². The molecule has 2 unspecified atom stereocenters. The first-order chi connectivity index (χ1) is 8.74. The number of hydrogen-bond acceptors (Lipinski definition) is 6. The molecule has 0 aromatic carbocycles. The smallest absolute Gasteiger partial charge is 0.132 e. The maximum Gasteiger partial charge on any atom is 0.132 e. The number of aromatic nitrogens is 2. The molecule has 2 saturated heterocycles. The fourth-order valence-corrected chi connectivity index (χ4v) is 3.85. The minimum atomic E-state index is 0.776. The first-order valence-electron chi connectivity index (χ1n) is 6.73. The Morgan fingerprint density at radius 1 is 1.39 bits per heavy atom. The van der Waals surface area contributed by atoms with Crippen LogP contribution in [-0.4, -0.2) is 52.1 Å². The summed E-state index contributed by atoms with van der Waals surface area (Å²) in [6.45, 7) is 4.48. The zero-order chi connectivity index (χ0) is 12.5. The molecule has 3 heterocycles. The van der Waals surface area contributed by atoms with Crippen LogP contribution in [0.2, 0.25) is 0 Å². The summed E-state index contributed by atoms with van der Waals surface area (Å²) in [4.78, 5) is 5.04. The van der Waals surface area contributed by atoms with Gasteiger partial charge < -0.3 is 10.6 Å². The average molecular weight is 267 g/mol. The first kappa shape index (κ1) is 12.3. The second-order valence-corrected chi connectivity index (χ2v) is 6.34. The van der Waals surface area contributed by atoms with Crippen molar-refractivity contribution >= 4 is 16.5 Å². The predicted molar refractivity (Wildman–Crippen MR) is 73.4 cm³/mol. The van der Waals surface area contributed by atoms with Gasteiger partial charge in [-0.05, 0) is 38.8 Å². The van der Waals surface area contributed by atoms with Crippen LogP contribution in [0, 0.1) is 5.92 Å². The van der Waals surface area contributed by atoms with E-state index in [4.69, 9.17) is 5.73 Å². The molecular weight excluding hydrogens is 246 g/mol. The summed E-state index contributed by atoms with van der Waals surface area (Å²) >= 11 is 1.30. The highest BCUT2D eigenvalue weighted by atomic mass is 32.1. The Kier molecular flexibility index (Phi) is 3.50. The average Bonchev–Trinajstić information content (AvgIpc) is 2.75. The minimum absolute atomic E-state index is 0.776. The molecule has 3 rings (SSSR count). The number of rotatable bonds is 2. The van der Waals surface area contributed by atoms with Gasteiger partial charge in [0.2, 0.25) is 0 Å². The molecule has 0 radical (unpaired) electrons. The summed E-state index contributed by atoms with van der Waals surface area (Å²) in [5.74, 6) is 0.824. The van der Waals surface area contributed by atoms with Crippen molar-refractivity contribution in [3.8, 4) is 0 Å². The zero-order valence-corrected chi connectivity index (χ0v) is 11.7. The van der Waals surface area contributed by atoms with Gasteiger partial charge in [0.25, 0.3) is 0 Å². The van der Waals surface area contributed by atoms with Crippen LogP contribution in [0.5, 0.6) is 0 Å². The molecule has 100 valence electrons. The molecular formula is C12H21N5S. The number of nitrogens with two attached hydrogens (primary N) is 1. The molecule has 0 saturated carbocycles. The van der Waals surface area contributed by atoms with Crippen molar-refractivity contribution in [2.45, 2.75) is 31.8 Å². The fraction of sp³-hybridized carbons (Fsp3) is 0.833. The van der Waals surface area contributed by atoms with Crippen LogP contribution in [0.1, 0.15) is 25.0 Å². The van der Waals surface area contributed by atoms with Gasteiger partial charge in [0.15, 0.2) is 0 Å². The van der Waals surface area contributed by atoms with Gasteiger partial charge in [-0.3, -0.25) is 4.90 Å². The standard InChI is InChI=1S/C12H21N5S/c1-16-5-2-3-9-7-17(6-4-11(9)16)8-10-12(13)18-15-14-10/h9,11H,2-8,13H2,1H3. The van der Waals surface area contributed by atoms with Crippen LogP contribution in [0.15, 0.2) is 0 Å². The van der Waals surface area contributed by atoms with Gasteiger partial charge in [0.1, 0.15) is 10.7 Å². The van der Waals surface area contributed by atoms with Gasteiger partial charge in [-0.1, -0.05) is 4.49 Å². The molecule has 6 heteroatoms. The molecule has 5 nitrogen and oxygen atoms in total. The number of piperidine rings is 2. The summed E-state index contributed by atoms with van der Waals surface area (Å²) < 4.78 is 3.91. The second-order valence-electron chi connectivity index (χ2n) is 5.56.